The highest BCUT2D eigenvalue weighted by atomic mass is 31.0. The van der Waals surface area contributed by atoms with Gasteiger partial charge in [0.2, 0.25) is 0 Å². The Morgan fingerprint density at radius 2 is 1.61 bits per heavy atom. The van der Waals surface area contributed by atoms with Gasteiger partial charge < -0.3 is 0 Å². The van der Waals surface area contributed by atoms with Crippen LogP contribution in [0.5, 0.6) is 0 Å². The maximum Gasteiger partial charge on any atom is -0.0239 e. The lowest BCUT2D eigenvalue weighted by molar-refractivity contribution is 0.405. The van der Waals surface area contributed by atoms with Crippen LogP contribution in [0.3, 0.4) is 0 Å². The lowest BCUT2D eigenvalue weighted by atomic mass is 9.91. The number of unbranched alkanes of at least 4 members (excludes halogenated alkanes) is 2. The molecular formula is C27H47P. The Bertz CT molecular complexity index is 584. The molecule has 0 aliphatic rings. The summed E-state index contributed by atoms with van der Waals surface area (Å²) in [5.41, 5.74) is 5.98. The second-order valence-corrected chi connectivity index (χ2v) is 9.92. The van der Waals surface area contributed by atoms with Crippen LogP contribution in [0.25, 0.3) is 0 Å². The molecule has 3 atom stereocenters. The molecule has 28 heavy (non-hydrogen) atoms. The van der Waals surface area contributed by atoms with Crippen molar-refractivity contribution < 1.29 is 0 Å². The summed E-state index contributed by atoms with van der Waals surface area (Å²) in [5, 5.41) is 1.43. The van der Waals surface area contributed by atoms with Gasteiger partial charge in [0.25, 0.3) is 0 Å². The summed E-state index contributed by atoms with van der Waals surface area (Å²) in [5.74, 6) is 1.72. The van der Waals surface area contributed by atoms with E-state index in [4.69, 9.17) is 0 Å². The predicted molar refractivity (Wildman–Crippen MR) is 133 cm³/mol. The van der Waals surface area contributed by atoms with E-state index in [2.05, 4.69) is 69.0 Å². The third-order valence-corrected chi connectivity index (χ3v) is 7.30. The summed E-state index contributed by atoms with van der Waals surface area (Å²) >= 11 is 0. The predicted octanol–water partition coefficient (Wildman–Crippen LogP) is 8.49. The molecule has 0 aliphatic carbocycles. The monoisotopic (exact) mass is 402 g/mol. The molecular weight excluding hydrogens is 355 g/mol. The average molecular weight is 403 g/mol. The van der Waals surface area contributed by atoms with Gasteiger partial charge in [-0.3, -0.25) is 0 Å². The molecule has 0 aromatic heterocycles. The van der Waals surface area contributed by atoms with Gasteiger partial charge in [-0.25, -0.2) is 0 Å². The van der Waals surface area contributed by atoms with E-state index in [0.29, 0.717) is 0 Å². The van der Waals surface area contributed by atoms with E-state index in [9.17, 15) is 0 Å². The fourth-order valence-electron chi connectivity index (χ4n) is 4.00. The molecule has 1 aromatic carbocycles. The molecule has 0 N–H and O–H groups in total. The molecule has 1 heteroatoms. The lowest BCUT2D eigenvalue weighted by Gasteiger charge is -2.16. The number of benzene rings is 1. The standard InChI is InChI=1S/C27H47P/c1-7-8-9-12-21(2)13-10-14-22(3)15-11-16-23(4)17-19-26-20-18-24(5)25(6)27(26)28/h12,18,20,22-23H,7-11,13-17,19,28H2,1-6H3/b21-12+. The first-order chi connectivity index (χ1) is 13.3. The van der Waals surface area contributed by atoms with Crippen LogP contribution >= 0.6 is 9.24 Å². The van der Waals surface area contributed by atoms with Gasteiger partial charge in [0.15, 0.2) is 0 Å². The Hall–Kier alpha value is -0.610. The van der Waals surface area contributed by atoms with Crippen molar-refractivity contribution in [3.05, 3.63) is 40.5 Å². The molecule has 1 rings (SSSR count). The zero-order valence-electron chi connectivity index (χ0n) is 19.7. The Balaban J connectivity index is 2.18. The first-order valence-corrected chi connectivity index (χ1v) is 12.4. The summed E-state index contributed by atoms with van der Waals surface area (Å²) in [7, 11) is 2.96. The van der Waals surface area contributed by atoms with Gasteiger partial charge in [-0.2, -0.15) is 0 Å². The van der Waals surface area contributed by atoms with E-state index in [-0.39, 0.29) is 0 Å². The van der Waals surface area contributed by atoms with Gasteiger partial charge in [0, 0.05) is 0 Å². The van der Waals surface area contributed by atoms with Gasteiger partial charge in [0.1, 0.15) is 0 Å². The van der Waals surface area contributed by atoms with E-state index in [1.54, 1.807) is 5.57 Å². The van der Waals surface area contributed by atoms with Crippen LogP contribution in [0.1, 0.15) is 109 Å². The first kappa shape index (κ1) is 25.4. The topological polar surface area (TPSA) is 0 Å². The second kappa shape index (κ2) is 14.4. The van der Waals surface area contributed by atoms with Crippen molar-refractivity contribution in [2.24, 2.45) is 11.8 Å². The summed E-state index contributed by atoms with van der Waals surface area (Å²) in [4.78, 5) is 0. The molecule has 0 nitrogen and oxygen atoms in total. The van der Waals surface area contributed by atoms with Crippen molar-refractivity contribution in [3.8, 4) is 0 Å². The lowest BCUT2D eigenvalue weighted by Crippen LogP contribution is -2.09. The van der Waals surface area contributed by atoms with Gasteiger partial charge in [0.05, 0.1) is 0 Å². The zero-order valence-corrected chi connectivity index (χ0v) is 20.9. The van der Waals surface area contributed by atoms with Gasteiger partial charge in [-0.15, -0.1) is 9.24 Å². The molecule has 3 unspecified atom stereocenters. The smallest absolute Gasteiger partial charge is 0.0239 e. The molecule has 0 bridgehead atoms. The molecule has 0 radical (unpaired) electrons. The molecule has 0 fully saturated rings. The molecule has 0 saturated heterocycles. The second-order valence-electron chi connectivity index (χ2n) is 9.35. The molecule has 0 saturated carbocycles. The van der Waals surface area contributed by atoms with E-state index < -0.39 is 0 Å². The van der Waals surface area contributed by atoms with Crippen LogP contribution in [-0.2, 0) is 6.42 Å². The molecule has 0 amide bonds. The van der Waals surface area contributed by atoms with Gasteiger partial charge >= 0.3 is 0 Å². The number of hydrogen-bond acceptors (Lipinski definition) is 0. The zero-order chi connectivity index (χ0) is 20.9. The Labute approximate surface area is 179 Å². The highest BCUT2D eigenvalue weighted by Gasteiger charge is 2.09. The van der Waals surface area contributed by atoms with E-state index in [0.717, 1.165) is 11.8 Å². The van der Waals surface area contributed by atoms with Crippen molar-refractivity contribution in [2.75, 3.05) is 0 Å². The number of hydrogen-bond donors (Lipinski definition) is 0. The minimum absolute atomic E-state index is 0.835. The largest absolute Gasteiger partial charge is 0.105 e. The molecule has 0 spiro atoms. The number of rotatable bonds is 14. The molecule has 0 heterocycles. The first-order valence-electron chi connectivity index (χ1n) is 11.8. The van der Waals surface area contributed by atoms with Crippen LogP contribution in [0, 0.1) is 25.7 Å². The number of aryl methyl sites for hydroxylation is 2. The summed E-state index contributed by atoms with van der Waals surface area (Å²) in [6.45, 7) is 13.9. The summed E-state index contributed by atoms with van der Waals surface area (Å²) < 4.78 is 0. The average Bonchev–Trinajstić information content (AvgIpc) is 2.66. The van der Waals surface area contributed by atoms with E-state index in [1.807, 2.05) is 0 Å². The van der Waals surface area contributed by atoms with Crippen LogP contribution in [0.15, 0.2) is 23.8 Å². The Morgan fingerprint density at radius 3 is 2.29 bits per heavy atom. The van der Waals surface area contributed by atoms with Crippen LogP contribution in [0.4, 0.5) is 0 Å². The third kappa shape index (κ3) is 10.2. The fourth-order valence-corrected chi connectivity index (χ4v) is 4.47. The van der Waals surface area contributed by atoms with Crippen molar-refractivity contribution in [1.82, 2.24) is 0 Å². The third-order valence-electron chi connectivity index (χ3n) is 6.49. The highest BCUT2D eigenvalue weighted by Crippen LogP contribution is 2.22. The Morgan fingerprint density at radius 1 is 0.964 bits per heavy atom. The van der Waals surface area contributed by atoms with Crippen LogP contribution < -0.4 is 5.30 Å². The maximum absolute atomic E-state index is 2.96. The number of allylic oxidation sites excluding steroid dienone is 2. The van der Waals surface area contributed by atoms with E-state index in [1.165, 1.54) is 92.6 Å². The highest BCUT2D eigenvalue weighted by molar-refractivity contribution is 7.27. The van der Waals surface area contributed by atoms with Crippen LogP contribution in [0.2, 0.25) is 0 Å². The minimum Gasteiger partial charge on any atom is -0.105 e. The van der Waals surface area contributed by atoms with Crippen molar-refractivity contribution in [2.45, 2.75) is 112 Å². The summed E-state index contributed by atoms with van der Waals surface area (Å²) in [6.07, 6.45) is 17.2. The minimum atomic E-state index is 0.835. The summed E-state index contributed by atoms with van der Waals surface area (Å²) in [6, 6.07) is 4.61. The van der Waals surface area contributed by atoms with Gasteiger partial charge in [-0.05, 0) is 86.7 Å². The molecule has 0 aliphatic heterocycles. The molecule has 160 valence electrons. The quantitative estimate of drug-likeness (QED) is 0.166. The van der Waals surface area contributed by atoms with Crippen LogP contribution in [-0.4, -0.2) is 0 Å². The van der Waals surface area contributed by atoms with Crippen molar-refractivity contribution in [1.29, 1.82) is 0 Å². The van der Waals surface area contributed by atoms with Crippen molar-refractivity contribution in [3.63, 3.8) is 0 Å². The molecule has 1 aromatic rings. The van der Waals surface area contributed by atoms with Gasteiger partial charge in [-0.1, -0.05) is 83.1 Å². The maximum atomic E-state index is 2.96. The normalized spacial score (nSPS) is 14.3. The Kier molecular flexibility index (Phi) is 13.1. The fraction of sp³-hybridized carbons (Fsp3) is 0.704. The van der Waals surface area contributed by atoms with Crippen molar-refractivity contribution >= 4 is 14.5 Å². The van der Waals surface area contributed by atoms with E-state index >= 15 is 0 Å². The SMILES string of the molecule is CCCC/C=C(\C)CCCC(C)CCCC(C)CCc1ccc(C)c(C)c1P.